The molecule has 0 radical (unpaired) electrons. The number of carbonyl (C=O) groups excluding carboxylic acids is 2. The van der Waals surface area contributed by atoms with E-state index < -0.39 is 12.1 Å². The number of nitrogens with one attached hydrogen (secondary N) is 1. The minimum atomic E-state index is -0.635. The van der Waals surface area contributed by atoms with E-state index in [1.807, 2.05) is 13.8 Å². The zero-order valence-electron chi connectivity index (χ0n) is 14.7. The van der Waals surface area contributed by atoms with Gasteiger partial charge in [0, 0.05) is 0 Å². The van der Waals surface area contributed by atoms with E-state index in [9.17, 15) is 9.59 Å². The summed E-state index contributed by atoms with van der Waals surface area (Å²) in [6, 6.07) is -0.635. The Hall–Kier alpha value is -1.26. The van der Waals surface area contributed by atoms with Gasteiger partial charge in [-0.1, -0.05) is 59.3 Å². The van der Waals surface area contributed by atoms with Crippen LogP contribution in [-0.2, 0) is 14.3 Å². The van der Waals surface area contributed by atoms with Gasteiger partial charge in [0.25, 0.3) is 0 Å². The summed E-state index contributed by atoms with van der Waals surface area (Å²) < 4.78 is 10.1. The molecule has 0 heterocycles. The number of esters is 1. The Kier molecular flexibility index (Phi) is 12.6. The second-order valence-electron chi connectivity index (χ2n) is 5.66. The molecule has 0 bridgehead atoms. The van der Waals surface area contributed by atoms with E-state index in [0.717, 1.165) is 19.3 Å². The SMILES string of the molecule is CCCCCCCCOC(=O)[C@@H](NC(=O)OCC)C(C)CC. The molecule has 0 aromatic carbocycles. The second kappa shape index (κ2) is 13.4. The van der Waals surface area contributed by atoms with Gasteiger partial charge < -0.3 is 14.8 Å². The number of carbonyl (C=O) groups is 2. The van der Waals surface area contributed by atoms with Gasteiger partial charge in [-0.25, -0.2) is 9.59 Å². The first-order valence-corrected chi connectivity index (χ1v) is 8.66. The molecule has 0 fully saturated rings. The summed E-state index contributed by atoms with van der Waals surface area (Å²) in [6.45, 7) is 8.52. The van der Waals surface area contributed by atoms with Crippen molar-refractivity contribution in [3.63, 3.8) is 0 Å². The van der Waals surface area contributed by atoms with Gasteiger partial charge in [-0.05, 0) is 19.3 Å². The van der Waals surface area contributed by atoms with Gasteiger partial charge in [-0.2, -0.15) is 0 Å². The molecular formula is C17H33NO4. The Bertz CT molecular complexity index is 307. The third-order valence-corrected chi connectivity index (χ3v) is 3.76. The van der Waals surface area contributed by atoms with Crippen molar-refractivity contribution < 1.29 is 19.1 Å². The van der Waals surface area contributed by atoms with Crippen molar-refractivity contribution in [1.29, 1.82) is 0 Å². The maximum atomic E-state index is 12.1. The molecule has 22 heavy (non-hydrogen) atoms. The lowest BCUT2D eigenvalue weighted by atomic mass is 9.99. The zero-order valence-corrected chi connectivity index (χ0v) is 14.7. The van der Waals surface area contributed by atoms with Crippen LogP contribution in [0.3, 0.4) is 0 Å². The summed E-state index contributed by atoms with van der Waals surface area (Å²) in [5.41, 5.74) is 0. The summed E-state index contributed by atoms with van der Waals surface area (Å²) in [6.07, 6.45) is 7.08. The fourth-order valence-corrected chi connectivity index (χ4v) is 2.11. The smallest absolute Gasteiger partial charge is 0.407 e. The lowest BCUT2D eigenvalue weighted by Crippen LogP contribution is -2.46. The fourth-order valence-electron chi connectivity index (χ4n) is 2.11. The van der Waals surface area contributed by atoms with Crippen LogP contribution in [0.1, 0.15) is 72.6 Å². The summed E-state index contributed by atoms with van der Waals surface area (Å²) in [4.78, 5) is 23.6. The first-order valence-electron chi connectivity index (χ1n) is 8.66. The molecule has 0 spiro atoms. The minimum absolute atomic E-state index is 0.0152. The van der Waals surface area contributed by atoms with Gasteiger partial charge in [0.05, 0.1) is 13.2 Å². The van der Waals surface area contributed by atoms with Crippen LogP contribution >= 0.6 is 0 Å². The number of rotatable bonds is 12. The van der Waals surface area contributed by atoms with E-state index in [1.165, 1.54) is 25.7 Å². The molecule has 1 amide bonds. The Labute approximate surface area is 135 Å². The van der Waals surface area contributed by atoms with Crippen LogP contribution in [0.15, 0.2) is 0 Å². The second-order valence-corrected chi connectivity index (χ2v) is 5.66. The molecule has 1 unspecified atom stereocenters. The van der Waals surface area contributed by atoms with Gasteiger partial charge in [0.2, 0.25) is 0 Å². The molecule has 2 atom stereocenters. The summed E-state index contributed by atoms with van der Waals surface area (Å²) in [7, 11) is 0. The molecule has 0 aliphatic carbocycles. The number of ether oxygens (including phenoxy) is 2. The molecule has 5 heteroatoms. The highest BCUT2D eigenvalue weighted by Crippen LogP contribution is 2.11. The minimum Gasteiger partial charge on any atom is -0.464 e. The summed E-state index contributed by atoms with van der Waals surface area (Å²) in [5, 5.41) is 2.60. The fraction of sp³-hybridized carbons (Fsp3) is 0.882. The third-order valence-electron chi connectivity index (χ3n) is 3.76. The maximum absolute atomic E-state index is 12.1. The summed E-state index contributed by atoms with van der Waals surface area (Å²) >= 11 is 0. The Morgan fingerprint density at radius 2 is 1.59 bits per heavy atom. The molecule has 0 aromatic rings. The quantitative estimate of drug-likeness (QED) is 0.436. The summed E-state index contributed by atoms with van der Waals surface area (Å²) in [5.74, 6) is -0.350. The zero-order chi connectivity index (χ0) is 16.8. The van der Waals surface area contributed by atoms with Crippen molar-refractivity contribution in [2.24, 2.45) is 5.92 Å². The average Bonchev–Trinajstić information content (AvgIpc) is 2.51. The highest BCUT2D eigenvalue weighted by molar-refractivity contribution is 5.81. The van der Waals surface area contributed by atoms with Crippen LogP contribution in [0.2, 0.25) is 0 Å². The number of unbranched alkanes of at least 4 members (excludes halogenated alkanes) is 5. The number of hydrogen-bond acceptors (Lipinski definition) is 4. The first kappa shape index (κ1) is 20.7. The molecule has 0 saturated carbocycles. The van der Waals surface area contributed by atoms with Gasteiger partial charge in [0.15, 0.2) is 0 Å². The normalized spacial score (nSPS) is 13.3. The van der Waals surface area contributed by atoms with E-state index in [2.05, 4.69) is 12.2 Å². The van der Waals surface area contributed by atoms with Crippen molar-refractivity contribution in [2.75, 3.05) is 13.2 Å². The molecular weight excluding hydrogens is 282 g/mol. The topological polar surface area (TPSA) is 64.6 Å². The standard InChI is InChI=1S/C17H33NO4/c1-5-8-9-10-11-12-13-22-16(19)15(14(4)6-2)18-17(20)21-7-3/h14-15H,5-13H2,1-4H3,(H,18,20)/t14?,15-/m0/s1. The van der Waals surface area contributed by atoms with Crippen molar-refractivity contribution in [3.8, 4) is 0 Å². The van der Waals surface area contributed by atoms with Crippen LogP contribution in [-0.4, -0.2) is 31.3 Å². The molecule has 0 rings (SSSR count). The van der Waals surface area contributed by atoms with Crippen LogP contribution < -0.4 is 5.32 Å². The van der Waals surface area contributed by atoms with Crippen molar-refractivity contribution >= 4 is 12.1 Å². The lowest BCUT2D eigenvalue weighted by molar-refractivity contribution is -0.147. The van der Waals surface area contributed by atoms with E-state index in [1.54, 1.807) is 6.92 Å². The van der Waals surface area contributed by atoms with Gasteiger partial charge in [-0.3, -0.25) is 0 Å². The van der Waals surface area contributed by atoms with Crippen molar-refractivity contribution in [2.45, 2.75) is 78.7 Å². The van der Waals surface area contributed by atoms with Crippen LogP contribution in [0, 0.1) is 5.92 Å². The van der Waals surface area contributed by atoms with Crippen LogP contribution in [0.5, 0.6) is 0 Å². The predicted molar refractivity (Wildman–Crippen MR) is 87.7 cm³/mol. The van der Waals surface area contributed by atoms with Crippen molar-refractivity contribution in [1.82, 2.24) is 5.32 Å². The van der Waals surface area contributed by atoms with E-state index in [4.69, 9.17) is 9.47 Å². The molecule has 0 aliphatic heterocycles. The maximum Gasteiger partial charge on any atom is 0.407 e. The van der Waals surface area contributed by atoms with E-state index in [-0.39, 0.29) is 18.5 Å². The first-order chi connectivity index (χ1) is 10.6. The Balaban J connectivity index is 4.09. The monoisotopic (exact) mass is 315 g/mol. The molecule has 130 valence electrons. The number of alkyl carbamates (subject to hydrolysis) is 1. The predicted octanol–water partition coefficient (Wildman–Crippen LogP) is 4.05. The molecule has 0 saturated heterocycles. The van der Waals surface area contributed by atoms with Gasteiger partial charge in [-0.15, -0.1) is 0 Å². The molecule has 0 aliphatic rings. The van der Waals surface area contributed by atoms with Crippen molar-refractivity contribution in [3.05, 3.63) is 0 Å². The largest absolute Gasteiger partial charge is 0.464 e. The number of hydrogen-bond donors (Lipinski definition) is 1. The van der Waals surface area contributed by atoms with E-state index >= 15 is 0 Å². The Morgan fingerprint density at radius 1 is 0.955 bits per heavy atom. The van der Waals surface area contributed by atoms with Gasteiger partial charge >= 0.3 is 12.1 Å². The van der Waals surface area contributed by atoms with Crippen LogP contribution in [0.4, 0.5) is 4.79 Å². The highest BCUT2D eigenvalue weighted by Gasteiger charge is 2.27. The lowest BCUT2D eigenvalue weighted by Gasteiger charge is -2.22. The molecule has 5 nitrogen and oxygen atoms in total. The average molecular weight is 315 g/mol. The molecule has 1 N–H and O–H groups in total. The molecule has 0 aromatic heterocycles. The van der Waals surface area contributed by atoms with E-state index in [0.29, 0.717) is 6.61 Å². The third kappa shape index (κ3) is 9.64. The highest BCUT2D eigenvalue weighted by atomic mass is 16.6. The van der Waals surface area contributed by atoms with Crippen LogP contribution in [0.25, 0.3) is 0 Å². The van der Waals surface area contributed by atoms with Gasteiger partial charge in [0.1, 0.15) is 6.04 Å². The number of amides is 1. The Morgan fingerprint density at radius 3 is 2.18 bits per heavy atom.